The van der Waals surface area contributed by atoms with Gasteiger partial charge in [0.1, 0.15) is 5.75 Å². The molecule has 0 saturated carbocycles. The lowest BCUT2D eigenvalue weighted by atomic mass is 9.87. The standard InChI is InChI=1S/C24H25N3O5S/c1-3-31-17-8-6-16(7-9-17)26-23(30)14-33-24-19(13-25)18(12-22(29)27-24)15-5-10-20(28)21(11-15)32-4-2/h5-11,18,28H,3-4,12,14H2,1-2H3,(H,26,30)(H,27,29)/t18-/m0/s1. The molecule has 1 atom stereocenters. The number of hydrogen-bond donors (Lipinski definition) is 3. The number of phenolic OH excluding ortho intramolecular Hbond substituents is 1. The first-order valence-corrected chi connectivity index (χ1v) is 11.5. The number of rotatable bonds is 9. The van der Waals surface area contributed by atoms with Crippen LogP contribution in [0, 0.1) is 11.3 Å². The van der Waals surface area contributed by atoms with Crippen molar-refractivity contribution in [2.24, 2.45) is 0 Å². The Morgan fingerprint density at radius 1 is 1.21 bits per heavy atom. The van der Waals surface area contributed by atoms with Gasteiger partial charge in [0.25, 0.3) is 0 Å². The zero-order chi connectivity index (χ0) is 23.8. The van der Waals surface area contributed by atoms with Crippen LogP contribution in [0.2, 0.25) is 0 Å². The van der Waals surface area contributed by atoms with Crippen molar-refractivity contribution in [3.8, 4) is 23.3 Å². The summed E-state index contributed by atoms with van der Waals surface area (Å²) < 4.78 is 10.8. The van der Waals surface area contributed by atoms with Crippen molar-refractivity contribution in [2.75, 3.05) is 24.3 Å². The molecule has 33 heavy (non-hydrogen) atoms. The van der Waals surface area contributed by atoms with Crippen LogP contribution in [0.3, 0.4) is 0 Å². The molecule has 0 bridgehead atoms. The van der Waals surface area contributed by atoms with Crippen LogP contribution in [0.25, 0.3) is 0 Å². The van der Waals surface area contributed by atoms with Crippen molar-refractivity contribution >= 4 is 29.3 Å². The summed E-state index contributed by atoms with van der Waals surface area (Å²) in [6.07, 6.45) is 0.0850. The van der Waals surface area contributed by atoms with Crippen LogP contribution in [0.4, 0.5) is 5.69 Å². The van der Waals surface area contributed by atoms with E-state index >= 15 is 0 Å². The van der Waals surface area contributed by atoms with Gasteiger partial charge in [-0.15, -0.1) is 0 Å². The highest BCUT2D eigenvalue weighted by Gasteiger charge is 2.30. The second-order valence-electron chi connectivity index (χ2n) is 7.11. The first-order chi connectivity index (χ1) is 15.9. The van der Waals surface area contributed by atoms with Gasteiger partial charge in [0.05, 0.1) is 35.6 Å². The Morgan fingerprint density at radius 2 is 1.94 bits per heavy atom. The zero-order valence-electron chi connectivity index (χ0n) is 18.4. The number of nitrogens with one attached hydrogen (secondary N) is 2. The second kappa shape index (κ2) is 11.3. The number of allylic oxidation sites excluding steroid dienone is 1. The fourth-order valence-electron chi connectivity index (χ4n) is 3.37. The number of anilines is 1. The van der Waals surface area contributed by atoms with E-state index in [1.807, 2.05) is 6.92 Å². The molecule has 0 radical (unpaired) electrons. The molecule has 0 unspecified atom stereocenters. The van der Waals surface area contributed by atoms with E-state index < -0.39 is 5.92 Å². The molecule has 1 aliphatic heterocycles. The number of hydrogen-bond acceptors (Lipinski definition) is 7. The molecule has 0 aliphatic carbocycles. The summed E-state index contributed by atoms with van der Waals surface area (Å²) in [5.41, 5.74) is 1.66. The molecule has 1 aliphatic rings. The molecule has 0 spiro atoms. The van der Waals surface area contributed by atoms with Crippen molar-refractivity contribution in [2.45, 2.75) is 26.2 Å². The minimum atomic E-state index is -0.500. The maximum Gasteiger partial charge on any atom is 0.234 e. The molecule has 1 heterocycles. The predicted octanol–water partition coefficient (Wildman–Crippen LogP) is 3.90. The Balaban J connectivity index is 1.73. The fraction of sp³-hybridized carbons (Fsp3) is 0.292. The van der Waals surface area contributed by atoms with Crippen LogP contribution in [-0.2, 0) is 9.59 Å². The van der Waals surface area contributed by atoms with Gasteiger partial charge in [-0.3, -0.25) is 9.59 Å². The zero-order valence-corrected chi connectivity index (χ0v) is 19.2. The number of amides is 2. The van der Waals surface area contributed by atoms with Gasteiger partial charge >= 0.3 is 0 Å². The number of ether oxygens (including phenoxy) is 2. The third-order valence-corrected chi connectivity index (χ3v) is 5.86. The molecule has 0 aromatic heterocycles. The summed E-state index contributed by atoms with van der Waals surface area (Å²) in [7, 11) is 0. The number of phenols is 1. The van der Waals surface area contributed by atoms with Gasteiger partial charge in [0, 0.05) is 18.0 Å². The molecule has 3 N–H and O–H groups in total. The number of nitriles is 1. The average molecular weight is 468 g/mol. The second-order valence-corrected chi connectivity index (χ2v) is 8.10. The van der Waals surface area contributed by atoms with E-state index in [9.17, 15) is 20.0 Å². The van der Waals surface area contributed by atoms with Crippen LogP contribution in [0.5, 0.6) is 17.2 Å². The lowest BCUT2D eigenvalue weighted by molar-refractivity contribution is -0.121. The van der Waals surface area contributed by atoms with Crippen molar-refractivity contribution in [3.63, 3.8) is 0 Å². The SMILES string of the molecule is CCOc1ccc(NC(=O)CSC2=C(C#N)[C@H](c3ccc(O)c(OCC)c3)CC(=O)N2)cc1. The highest BCUT2D eigenvalue weighted by Crippen LogP contribution is 2.39. The first-order valence-electron chi connectivity index (χ1n) is 10.5. The Morgan fingerprint density at radius 3 is 2.61 bits per heavy atom. The maximum atomic E-state index is 12.4. The minimum absolute atomic E-state index is 0.0103. The van der Waals surface area contributed by atoms with E-state index in [1.165, 1.54) is 6.07 Å². The van der Waals surface area contributed by atoms with E-state index in [0.29, 0.717) is 46.6 Å². The quantitative estimate of drug-likeness (QED) is 0.511. The van der Waals surface area contributed by atoms with Crippen molar-refractivity contribution in [1.29, 1.82) is 5.26 Å². The number of carbonyl (C=O) groups is 2. The normalized spacial score (nSPS) is 15.4. The Bertz CT molecular complexity index is 1090. The summed E-state index contributed by atoms with van der Waals surface area (Å²) in [6, 6.07) is 14.0. The molecule has 0 saturated heterocycles. The summed E-state index contributed by atoms with van der Waals surface area (Å²) in [5.74, 6) is -0.00806. The molecule has 2 aromatic carbocycles. The number of thioether (sulfide) groups is 1. The van der Waals surface area contributed by atoms with Crippen LogP contribution < -0.4 is 20.1 Å². The summed E-state index contributed by atoms with van der Waals surface area (Å²) in [6.45, 7) is 4.62. The van der Waals surface area contributed by atoms with Gasteiger partial charge in [-0.2, -0.15) is 5.26 Å². The summed E-state index contributed by atoms with van der Waals surface area (Å²) in [4.78, 5) is 24.8. The smallest absolute Gasteiger partial charge is 0.234 e. The Hall–Kier alpha value is -3.64. The molecule has 3 rings (SSSR count). The van der Waals surface area contributed by atoms with Crippen molar-refractivity contribution in [1.82, 2.24) is 5.32 Å². The Kier molecular flexibility index (Phi) is 8.22. The largest absolute Gasteiger partial charge is 0.504 e. The number of benzene rings is 2. The van der Waals surface area contributed by atoms with Gasteiger partial charge in [0.2, 0.25) is 11.8 Å². The highest BCUT2D eigenvalue weighted by molar-refractivity contribution is 8.03. The van der Waals surface area contributed by atoms with Crippen molar-refractivity contribution < 1.29 is 24.2 Å². The van der Waals surface area contributed by atoms with E-state index in [2.05, 4.69) is 16.7 Å². The fourth-order valence-corrected chi connectivity index (χ4v) is 4.25. The number of carbonyl (C=O) groups excluding carboxylic acids is 2. The van der Waals surface area contributed by atoms with Crippen LogP contribution in [0.1, 0.15) is 31.7 Å². The van der Waals surface area contributed by atoms with E-state index in [0.717, 1.165) is 11.8 Å². The highest BCUT2D eigenvalue weighted by atomic mass is 32.2. The molecular weight excluding hydrogens is 442 g/mol. The molecule has 8 nitrogen and oxygen atoms in total. The van der Waals surface area contributed by atoms with Gasteiger partial charge in [-0.05, 0) is 55.8 Å². The summed E-state index contributed by atoms with van der Waals surface area (Å²) in [5, 5.41) is 25.6. The number of aromatic hydroxyl groups is 1. The molecule has 2 aromatic rings. The average Bonchev–Trinajstić information content (AvgIpc) is 2.80. The van der Waals surface area contributed by atoms with E-state index in [1.54, 1.807) is 43.3 Å². The van der Waals surface area contributed by atoms with Crippen LogP contribution in [0.15, 0.2) is 53.1 Å². The third kappa shape index (κ3) is 6.20. The van der Waals surface area contributed by atoms with Crippen LogP contribution in [-0.4, -0.2) is 35.9 Å². The molecule has 0 fully saturated rings. The third-order valence-electron chi connectivity index (χ3n) is 4.84. The minimum Gasteiger partial charge on any atom is -0.504 e. The van der Waals surface area contributed by atoms with Gasteiger partial charge in [-0.1, -0.05) is 17.8 Å². The lowest BCUT2D eigenvalue weighted by Crippen LogP contribution is -2.31. The maximum absolute atomic E-state index is 12.4. The molecule has 172 valence electrons. The molecule has 9 heteroatoms. The van der Waals surface area contributed by atoms with E-state index in [4.69, 9.17) is 9.47 Å². The first kappa shape index (κ1) is 24.0. The molecule has 2 amide bonds. The van der Waals surface area contributed by atoms with Gasteiger partial charge < -0.3 is 25.2 Å². The van der Waals surface area contributed by atoms with Crippen LogP contribution >= 0.6 is 11.8 Å². The monoisotopic (exact) mass is 467 g/mol. The predicted molar refractivity (Wildman–Crippen MR) is 126 cm³/mol. The van der Waals surface area contributed by atoms with E-state index in [-0.39, 0.29) is 29.7 Å². The van der Waals surface area contributed by atoms with Gasteiger partial charge in [0.15, 0.2) is 11.5 Å². The Labute approximate surface area is 196 Å². The van der Waals surface area contributed by atoms with Gasteiger partial charge in [-0.25, -0.2) is 0 Å². The molecular formula is C24H25N3O5S. The summed E-state index contributed by atoms with van der Waals surface area (Å²) >= 11 is 1.10. The topological polar surface area (TPSA) is 121 Å². The lowest BCUT2D eigenvalue weighted by Gasteiger charge is -2.25. The van der Waals surface area contributed by atoms with Crippen molar-refractivity contribution in [3.05, 3.63) is 58.6 Å². The number of nitrogens with zero attached hydrogens (tertiary/aromatic N) is 1.